The fourth-order valence-electron chi connectivity index (χ4n) is 2.00. The Morgan fingerprint density at radius 3 is 2.71 bits per heavy atom. The highest BCUT2D eigenvalue weighted by atomic mass is 32.2. The molecule has 2 unspecified atom stereocenters. The van der Waals surface area contributed by atoms with Crippen LogP contribution in [0.25, 0.3) is 0 Å². The minimum Gasteiger partial charge on any atom is -0.481 e. The number of aliphatic carboxylic acids is 1. The summed E-state index contributed by atoms with van der Waals surface area (Å²) in [6.45, 7) is 4.26. The molecule has 2 atom stereocenters. The first-order valence-corrected chi connectivity index (χ1v) is 6.99. The molecular weight excluding hydrogens is 238 g/mol. The van der Waals surface area contributed by atoms with Crippen molar-refractivity contribution in [1.29, 1.82) is 0 Å². The van der Waals surface area contributed by atoms with Crippen molar-refractivity contribution in [2.45, 2.75) is 19.3 Å². The van der Waals surface area contributed by atoms with Crippen molar-refractivity contribution in [2.24, 2.45) is 11.8 Å². The third-order valence-corrected chi connectivity index (χ3v) is 3.90. The Bertz CT molecular complexity index is 293. The van der Waals surface area contributed by atoms with Gasteiger partial charge in [0.25, 0.3) is 0 Å². The van der Waals surface area contributed by atoms with Gasteiger partial charge in [-0.15, -0.1) is 6.58 Å². The van der Waals surface area contributed by atoms with E-state index in [0.29, 0.717) is 25.8 Å². The van der Waals surface area contributed by atoms with Crippen LogP contribution in [0.4, 0.5) is 0 Å². The van der Waals surface area contributed by atoms with Gasteiger partial charge >= 0.3 is 5.97 Å². The van der Waals surface area contributed by atoms with Crippen molar-refractivity contribution in [3.8, 4) is 0 Å². The largest absolute Gasteiger partial charge is 0.481 e. The summed E-state index contributed by atoms with van der Waals surface area (Å²) >= 11 is 1.72. The second-order valence-corrected chi connectivity index (χ2v) is 5.35. The second kappa shape index (κ2) is 7.37. The molecule has 1 aliphatic carbocycles. The quantitative estimate of drug-likeness (QED) is 0.536. The lowest BCUT2D eigenvalue weighted by atomic mass is 10.0. The molecule has 96 valence electrons. The number of carboxylic acid groups (broad SMARTS) is 1. The van der Waals surface area contributed by atoms with E-state index in [1.807, 2.05) is 6.08 Å². The maximum absolute atomic E-state index is 11.7. The third kappa shape index (κ3) is 4.81. The number of rotatable bonds is 7. The lowest BCUT2D eigenvalue weighted by Crippen LogP contribution is -2.31. The third-order valence-electron chi connectivity index (χ3n) is 2.93. The summed E-state index contributed by atoms with van der Waals surface area (Å²) in [6.07, 6.45) is 3.64. The monoisotopic (exact) mass is 257 g/mol. The van der Waals surface area contributed by atoms with Gasteiger partial charge in [-0.1, -0.05) is 6.08 Å². The maximum Gasteiger partial charge on any atom is 0.306 e. The molecule has 1 aliphatic rings. The second-order valence-electron chi connectivity index (χ2n) is 4.20. The van der Waals surface area contributed by atoms with Gasteiger partial charge in [0.1, 0.15) is 0 Å². The fourth-order valence-corrected chi connectivity index (χ4v) is 2.58. The molecule has 4 nitrogen and oxygen atoms in total. The predicted octanol–water partition coefficient (Wildman–Crippen LogP) is 1.52. The zero-order chi connectivity index (χ0) is 12.7. The van der Waals surface area contributed by atoms with Crippen molar-refractivity contribution < 1.29 is 14.7 Å². The molecule has 0 aromatic rings. The van der Waals surface area contributed by atoms with Gasteiger partial charge in [-0.05, 0) is 19.3 Å². The molecule has 0 radical (unpaired) electrons. The van der Waals surface area contributed by atoms with Gasteiger partial charge in [-0.3, -0.25) is 9.59 Å². The van der Waals surface area contributed by atoms with Crippen LogP contribution in [0.3, 0.4) is 0 Å². The SMILES string of the molecule is C=CCSCCNC(=O)C1CCC(C(=O)O)C1. The smallest absolute Gasteiger partial charge is 0.306 e. The van der Waals surface area contributed by atoms with Crippen LogP contribution < -0.4 is 5.32 Å². The Morgan fingerprint density at radius 1 is 1.41 bits per heavy atom. The summed E-state index contributed by atoms with van der Waals surface area (Å²) in [4.78, 5) is 22.5. The van der Waals surface area contributed by atoms with Crippen LogP contribution in [0.2, 0.25) is 0 Å². The van der Waals surface area contributed by atoms with E-state index in [-0.39, 0.29) is 17.7 Å². The number of nitrogens with one attached hydrogen (secondary N) is 1. The molecule has 5 heteroatoms. The molecule has 0 saturated heterocycles. The zero-order valence-corrected chi connectivity index (χ0v) is 10.7. The lowest BCUT2D eigenvalue weighted by molar-refractivity contribution is -0.141. The predicted molar refractivity (Wildman–Crippen MR) is 69.0 cm³/mol. The van der Waals surface area contributed by atoms with Crippen LogP contribution in [0.5, 0.6) is 0 Å². The molecule has 2 N–H and O–H groups in total. The van der Waals surface area contributed by atoms with Crippen LogP contribution in [0.1, 0.15) is 19.3 Å². The molecule has 0 aromatic heterocycles. The number of hydrogen-bond acceptors (Lipinski definition) is 3. The van der Waals surface area contributed by atoms with E-state index in [2.05, 4.69) is 11.9 Å². The number of carboxylic acids is 1. The first-order chi connectivity index (χ1) is 8.15. The van der Waals surface area contributed by atoms with Gasteiger partial charge in [-0.25, -0.2) is 0 Å². The molecule has 1 rings (SSSR count). The minimum atomic E-state index is -0.776. The number of carbonyl (C=O) groups excluding carboxylic acids is 1. The summed E-state index contributed by atoms with van der Waals surface area (Å²) in [5.41, 5.74) is 0. The van der Waals surface area contributed by atoms with Crippen molar-refractivity contribution >= 4 is 23.6 Å². The van der Waals surface area contributed by atoms with Crippen molar-refractivity contribution in [3.63, 3.8) is 0 Å². The minimum absolute atomic E-state index is 0.00736. The van der Waals surface area contributed by atoms with Crippen LogP contribution >= 0.6 is 11.8 Å². The van der Waals surface area contributed by atoms with Gasteiger partial charge in [0.15, 0.2) is 0 Å². The summed E-state index contributed by atoms with van der Waals surface area (Å²) in [5, 5.41) is 11.7. The molecule has 1 amide bonds. The molecule has 0 aliphatic heterocycles. The first kappa shape index (κ1) is 14.1. The number of thioether (sulfide) groups is 1. The Kier molecular flexibility index (Phi) is 6.11. The number of amides is 1. The van der Waals surface area contributed by atoms with Gasteiger partial charge in [0.05, 0.1) is 5.92 Å². The number of hydrogen-bond donors (Lipinski definition) is 2. The van der Waals surface area contributed by atoms with E-state index in [0.717, 1.165) is 11.5 Å². The van der Waals surface area contributed by atoms with E-state index < -0.39 is 5.97 Å². The fraction of sp³-hybridized carbons (Fsp3) is 0.667. The highest BCUT2D eigenvalue weighted by Crippen LogP contribution is 2.30. The standard InChI is InChI=1S/C12H19NO3S/c1-2-6-17-7-5-13-11(14)9-3-4-10(8-9)12(15)16/h2,9-10H,1,3-8H2,(H,13,14)(H,15,16). The van der Waals surface area contributed by atoms with Crippen LogP contribution in [0.15, 0.2) is 12.7 Å². The van der Waals surface area contributed by atoms with Crippen molar-refractivity contribution in [3.05, 3.63) is 12.7 Å². The van der Waals surface area contributed by atoms with E-state index in [9.17, 15) is 9.59 Å². The van der Waals surface area contributed by atoms with Crippen molar-refractivity contribution in [2.75, 3.05) is 18.1 Å². The highest BCUT2D eigenvalue weighted by Gasteiger charge is 2.33. The van der Waals surface area contributed by atoms with E-state index in [4.69, 9.17) is 5.11 Å². The molecule has 0 heterocycles. The lowest BCUT2D eigenvalue weighted by Gasteiger charge is -2.10. The average Bonchev–Trinajstić information content (AvgIpc) is 2.78. The summed E-state index contributed by atoms with van der Waals surface area (Å²) in [7, 11) is 0. The Balaban J connectivity index is 2.16. The molecule has 0 spiro atoms. The number of carbonyl (C=O) groups is 2. The van der Waals surface area contributed by atoms with Gasteiger partial charge in [-0.2, -0.15) is 11.8 Å². The Hall–Kier alpha value is -0.970. The molecule has 0 aromatic carbocycles. The Morgan fingerprint density at radius 2 is 2.12 bits per heavy atom. The summed E-state index contributed by atoms with van der Waals surface area (Å²) in [5.74, 6) is 0.545. The Labute approximate surface area is 106 Å². The van der Waals surface area contributed by atoms with Crippen LogP contribution in [-0.2, 0) is 9.59 Å². The zero-order valence-electron chi connectivity index (χ0n) is 9.85. The summed E-state index contributed by atoms with van der Waals surface area (Å²) in [6, 6.07) is 0. The molecule has 1 saturated carbocycles. The molecule has 17 heavy (non-hydrogen) atoms. The molecular formula is C12H19NO3S. The normalized spacial score (nSPS) is 23.3. The summed E-state index contributed by atoms with van der Waals surface area (Å²) < 4.78 is 0. The van der Waals surface area contributed by atoms with E-state index in [1.165, 1.54) is 0 Å². The van der Waals surface area contributed by atoms with E-state index in [1.54, 1.807) is 11.8 Å². The van der Waals surface area contributed by atoms with Gasteiger partial charge in [0.2, 0.25) is 5.91 Å². The van der Waals surface area contributed by atoms with Crippen molar-refractivity contribution in [1.82, 2.24) is 5.32 Å². The molecule has 0 bridgehead atoms. The first-order valence-electron chi connectivity index (χ1n) is 5.84. The molecule has 1 fully saturated rings. The highest BCUT2D eigenvalue weighted by molar-refractivity contribution is 7.99. The van der Waals surface area contributed by atoms with Crippen LogP contribution in [0, 0.1) is 11.8 Å². The van der Waals surface area contributed by atoms with Crippen LogP contribution in [-0.4, -0.2) is 35.0 Å². The van der Waals surface area contributed by atoms with E-state index >= 15 is 0 Å². The van der Waals surface area contributed by atoms with Gasteiger partial charge < -0.3 is 10.4 Å². The average molecular weight is 257 g/mol. The topological polar surface area (TPSA) is 66.4 Å². The maximum atomic E-state index is 11.7. The van der Waals surface area contributed by atoms with Gasteiger partial charge in [0, 0.05) is 24.0 Å².